The summed E-state index contributed by atoms with van der Waals surface area (Å²) in [5, 5.41) is 0. The van der Waals surface area contributed by atoms with E-state index in [-0.39, 0.29) is 6.61 Å². The van der Waals surface area contributed by atoms with E-state index in [9.17, 15) is 4.79 Å². The highest BCUT2D eigenvalue weighted by Gasteiger charge is 2.06. The van der Waals surface area contributed by atoms with Gasteiger partial charge in [0.05, 0.1) is 0 Å². The molecule has 0 bridgehead atoms. The van der Waals surface area contributed by atoms with Gasteiger partial charge in [0, 0.05) is 5.92 Å². The van der Waals surface area contributed by atoms with Crippen molar-refractivity contribution in [3.63, 3.8) is 0 Å². The first-order valence-electron chi connectivity index (χ1n) is 4.09. The summed E-state index contributed by atoms with van der Waals surface area (Å²) in [4.78, 5) is 10.4. The molecule has 0 amide bonds. The Morgan fingerprint density at radius 1 is 1.36 bits per heavy atom. The minimum absolute atomic E-state index is 0.00338. The number of carbonyl (C=O) groups excluding carboxylic acids is 1. The molecule has 0 aromatic carbocycles. The number of esters is 1. The van der Waals surface area contributed by atoms with Crippen molar-refractivity contribution in [2.45, 2.75) is 19.6 Å². The van der Waals surface area contributed by atoms with Crippen LogP contribution in [0.5, 0.6) is 0 Å². The second kappa shape index (κ2) is 5.92. The van der Waals surface area contributed by atoms with E-state index in [0.717, 1.165) is 0 Å². The topological polar surface area (TPSA) is 26.3 Å². The molecule has 0 spiro atoms. The molecule has 0 saturated heterocycles. The minimum Gasteiger partial charge on any atom is -0.443 e. The van der Waals surface area contributed by atoms with Gasteiger partial charge in [0.25, 0.3) is 0 Å². The summed E-state index contributed by atoms with van der Waals surface area (Å²) in [6, 6.07) is 0. The Morgan fingerprint density at radius 2 is 2.00 bits per heavy atom. The summed E-state index contributed by atoms with van der Waals surface area (Å²) in [6.07, 6.45) is 4.77. The van der Waals surface area contributed by atoms with Crippen LogP contribution in [0.15, 0.2) is 0 Å². The van der Waals surface area contributed by atoms with E-state index < -0.39 is 14.0 Å². The fourth-order valence-corrected chi connectivity index (χ4v) is 0.880. The molecule has 0 saturated carbocycles. The summed E-state index contributed by atoms with van der Waals surface area (Å²) >= 11 is 0. The predicted molar refractivity (Wildman–Crippen MR) is 58.7 cm³/mol. The third-order valence-corrected chi connectivity index (χ3v) is 1.86. The number of carbonyl (C=O) groups is 1. The number of hydrogen-bond acceptors (Lipinski definition) is 2. The molecule has 0 aliphatic heterocycles. The van der Waals surface area contributed by atoms with E-state index >= 15 is 0 Å². The van der Waals surface area contributed by atoms with E-state index in [1.54, 1.807) is 0 Å². The molecule has 0 N–H and O–H groups in total. The maximum absolute atomic E-state index is 10.4. The molecule has 0 heterocycles. The van der Waals surface area contributed by atoms with Gasteiger partial charge in [-0.05, 0) is 17.8 Å². The van der Waals surface area contributed by atoms with Crippen LogP contribution >= 0.6 is 0 Å². The van der Waals surface area contributed by atoms with Crippen LogP contribution in [0, 0.1) is 35.6 Å². The molecule has 72 valence electrons. The quantitative estimate of drug-likeness (QED) is 0.276. The van der Waals surface area contributed by atoms with Gasteiger partial charge in [-0.2, -0.15) is 0 Å². The highest BCUT2D eigenvalue weighted by molar-refractivity contribution is 6.83. The lowest BCUT2D eigenvalue weighted by Crippen LogP contribution is -2.16. The molecule has 0 aliphatic carbocycles. The molecule has 2 nitrogen and oxygen atoms in total. The Hall–Kier alpha value is -1.63. The van der Waals surface area contributed by atoms with Crippen molar-refractivity contribution < 1.29 is 9.53 Å². The highest BCUT2D eigenvalue weighted by Crippen LogP contribution is 1.95. The maximum Gasteiger partial charge on any atom is 0.385 e. The summed E-state index contributed by atoms with van der Waals surface area (Å²) in [5.41, 5.74) is 3.06. The molecule has 0 aromatic heterocycles. The van der Waals surface area contributed by atoms with Crippen LogP contribution in [-0.4, -0.2) is 20.7 Å². The lowest BCUT2D eigenvalue weighted by atomic mass is 10.6. The van der Waals surface area contributed by atoms with E-state index in [1.807, 2.05) is 5.92 Å². The lowest BCUT2D eigenvalue weighted by molar-refractivity contribution is -0.135. The van der Waals surface area contributed by atoms with Gasteiger partial charge in [-0.15, -0.1) is 12.0 Å². The van der Waals surface area contributed by atoms with E-state index in [4.69, 9.17) is 6.42 Å². The monoisotopic (exact) mass is 204 g/mol. The lowest BCUT2D eigenvalue weighted by Gasteiger charge is -2.01. The normalized spacial score (nSPS) is 8.43. The van der Waals surface area contributed by atoms with Crippen molar-refractivity contribution in [3.8, 4) is 35.6 Å². The zero-order valence-electron chi connectivity index (χ0n) is 8.60. The van der Waals surface area contributed by atoms with Crippen LogP contribution < -0.4 is 0 Å². The van der Waals surface area contributed by atoms with Gasteiger partial charge in [-0.25, -0.2) is 4.79 Å². The molecule has 0 unspecified atom stereocenters. The van der Waals surface area contributed by atoms with Gasteiger partial charge < -0.3 is 4.74 Å². The van der Waals surface area contributed by atoms with Crippen molar-refractivity contribution in [1.29, 1.82) is 0 Å². The Morgan fingerprint density at radius 3 is 2.50 bits per heavy atom. The van der Waals surface area contributed by atoms with Crippen molar-refractivity contribution >= 4 is 14.0 Å². The maximum atomic E-state index is 10.4. The van der Waals surface area contributed by atoms with Crippen LogP contribution in [0.2, 0.25) is 19.6 Å². The zero-order chi connectivity index (χ0) is 11.0. The van der Waals surface area contributed by atoms with Gasteiger partial charge in [0.1, 0.15) is 8.07 Å². The minimum atomic E-state index is -1.35. The standard InChI is InChI=1S/C11H12O2Si/c1-5-11(12)13-9-7-6-8-10-14(2,3)4/h1H,9H2,2-4H3. The molecule has 0 radical (unpaired) electrons. The number of hydrogen-bond donors (Lipinski definition) is 0. The van der Waals surface area contributed by atoms with Gasteiger partial charge in [-0.1, -0.05) is 19.6 Å². The first kappa shape index (κ1) is 12.4. The largest absolute Gasteiger partial charge is 0.443 e. The summed E-state index contributed by atoms with van der Waals surface area (Å²) in [5.74, 6) is 9.03. The Kier molecular flexibility index (Phi) is 5.23. The van der Waals surface area contributed by atoms with Crippen LogP contribution in [0.1, 0.15) is 0 Å². The molecule has 0 aromatic rings. The van der Waals surface area contributed by atoms with Gasteiger partial charge in [0.2, 0.25) is 0 Å². The zero-order valence-corrected chi connectivity index (χ0v) is 9.60. The van der Waals surface area contributed by atoms with Gasteiger partial charge in [-0.3, -0.25) is 0 Å². The van der Waals surface area contributed by atoms with E-state index in [0.29, 0.717) is 0 Å². The number of rotatable bonds is 1. The van der Waals surface area contributed by atoms with Crippen molar-refractivity contribution in [1.82, 2.24) is 0 Å². The Balaban J connectivity index is 3.91. The summed E-state index contributed by atoms with van der Waals surface area (Å²) in [7, 11) is -1.35. The molecule has 0 fully saturated rings. The van der Waals surface area contributed by atoms with Crippen LogP contribution in [-0.2, 0) is 9.53 Å². The van der Waals surface area contributed by atoms with Crippen LogP contribution in [0.25, 0.3) is 0 Å². The molecule has 0 aliphatic rings. The average molecular weight is 204 g/mol. The van der Waals surface area contributed by atoms with Crippen molar-refractivity contribution in [3.05, 3.63) is 0 Å². The van der Waals surface area contributed by atoms with Crippen molar-refractivity contribution in [2.24, 2.45) is 0 Å². The smallest absolute Gasteiger partial charge is 0.385 e. The SMILES string of the molecule is C#CC(=O)OCC#CC#C[Si](C)(C)C. The van der Waals surface area contributed by atoms with Gasteiger partial charge in [0.15, 0.2) is 6.61 Å². The Labute approximate surface area is 86.0 Å². The molecule has 14 heavy (non-hydrogen) atoms. The molecule has 0 atom stereocenters. The second-order valence-corrected chi connectivity index (χ2v) is 8.27. The third kappa shape index (κ3) is 8.46. The Bertz CT molecular complexity index is 361. The fourth-order valence-electron chi connectivity index (χ4n) is 0.442. The summed E-state index contributed by atoms with van der Waals surface area (Å²) in [6.45, 7) is 6.38. The third-order valence-electron chi connectivity index (χ3n) is 0.982. The fraction of sp³-hybridized carbons (Fsp3) is 0.364. The van der Waals surface area contributed by atoms with Crippen molar-refractivity contribution in [2.75, 3.05) is 6.61 Å². The van der Waals surface area contributed by atoms with E-state index in [1.165, 1.54) is 0 Å². The number of ether oxygens (including phenoxy) is 1. The molecular formula is C11H12O2Si. The summed E-state index contributed by atoms with van der Waals surface area (Å²) < 4.78 is 4.52. The van der Waals surface area contributed by atoms with E-state index in [2.05, 4.69) is 47.7 Å². The molecule has 3 heteroatoms. The van der Waals surface area contributed by atoms with Crippen LogP contribution in [0.4, 0.5) is 0 Å². The first-order valence-corrected chi connectivity index (χ1v) is 7.59. The highest BCUT2D eigenvalue weighted by atomic mass is 28.3. The second-order valence-electron chi connectivity index (χ2n) is 3.52. The number of terminal acetylenes is 1. The molecular weight excluding hydrogens is 192 g/mol. The molecule has 0 rings (SSSR count). The van der Waals surface area contributed by atoms with Gasteiger partial charge >= 0.3 is 5.97 Å². The van der Waals surface area contributed by atoms with Crippen LogP contribution in [0.3, 0.4) is 0 Å². The average Bonchev–Trinajstić information content (AvgIpc) is 2.08. The first-order chi connectivity index (χ1) is 6.45. The predicted octanol–water partition coefficient (Wildman–Crippen LogP) is 1.05.